The third-order valence-corrected chi connectivity index (χ3v) is 5.14. The van der Waals surface area contributed by atoms with Crippen LogP contribution in [0.15, 0.2) is 29.1 Å². The zero-order valence-electron chi connectivity index (χ0n) is 13.8. The zero-order chi connectivity index (χ0) is 18.8. The van der Waals surface area contributed by atoms with Gasteiger partial charge in [-0.1, -0.05) is 29.3 Å². The molecule has 0 saturated carbocycles. The molecule has 1 unspecified atom stereocenters. The van der Waals surface area contributed by atoms with E-state index in [1.165, 1.54) is 6.07 Å². The van der Waals surface area contributed by atoms with Gasteiger partial charge in [-0.05, 0) is 48.6 Å². The number of pyridine rings is 1. The molecule has 0 spiro atoms. The van der Waals surface area contributed by atoms with E-state index < -0.39 is 11.5 Å². The molecule has 1 aromatic heterocycles. The zero-order valence-corrected chi connectivity index (χ0v) is 15.3. The maximum Gasteiger partial charge on any atom is 0.261 e. The van der Waals surface area contributed by atoms with E-state index in [4.69, 9.17) is 28.9 Å². The molecule has 26 heavy (non-hydrogen) atoms. The molecule has 3 rings (SSSR count). The Balaban J connectivity index is 1.80. The number of benzene rings is 1. The van der Waals surface area contributed by atoms with Gasteiger partial charge in [-0.2, -0.15) is 0 Å². The van der Waals surface area contributed by atoms with Crippen molar-refractivity contribution in [2.45, 2.75) is 31.7 Å². The van der Waals surface area contributed by atoms with Crippen molar-refractivity contribution in [1.29, 1.82) is 0 Å². The number of aromatic amines is 1. The second kappa shape index (κ2) is 7.51. The van der Waals surface area contributed by atoms with Gasteiger partial charge in [0.05, 0.1) is 22.5 Å². The van der Waals surface area contributed by atoms with E-state index in [-0.39, 0.29) is 23.9 Å². The quantitative estimate of drug-likeness (QED) is 0.742. The van der Waals surface area contributed by atoms with Crippen LogP contribution in [0, 0.1) is 0 Å². The van der Waals surface area contributed by atoms with Crippen LogP contribution in [0.2, 0.25) is 10.0 Å². The fraction of sp³-hybridized carbons (Fsp3) is 0.278. The number of hydrogen-bond acceptors (Lipinski definition) is 3. The molecule has 8 heteroatoms. The molecule has 1 aliphatic carbocycles. The fourth-order valence-electron chi connectivity index (χ4n) is 3.15. The van der Waals surface area contributed by atoms with Gasteiger partial charge in [0.25, 0.3) is 11.5 Å². The summed E-state index contributed by atoms with van der Waals surface area (Å²) in [6.45, 7) is 0. The number of aryl methyl sites for hydroxylation is 1. The van der Waals surface area contributed by atoms with E-state index in [2.05, 4.69) is 10.3 Å². The highest BCUT2D eigenvalue weighted by molar-refractivity contribution is 6.42. The molecule has 1 heterocycles. The Kier molecular flexibility index (Phi) is 5.34. The Hall–Kier alpha value is -2.31. The first-order valence-corrected chi connectivity index (χ1v) is 8.90. The molecule has 4 N–H and O–H groups in total. The van der Waals surface area contributed by atoms with Crippen molar-refractivity contribution in [3.05, 3.63) is 67.0 Å². The number of carbonyl (C=O) groups excluding carboxylic acids is 2. The molecular weight excluding hydrogens is 377 g/mol. The summed E-state index contributed by atoms with van der Waals surface area (Å²) in [6.07, 6.45) is 2.36. The van der Waals surface area contributed by atoms with E-state index in [0.29, 0.717) is 22.9 Å². The summed E-state index contributed by atoms with van der Waals surface area (Å²) in [7, 11) is 0. The number of hydrogen-bond donors (Lipinski definition) is 3. The van der Waals surface area contributed by atoms with Crippen molar-refractivity contribution in [3.63, 3.8) is 0 Å². The standard InChI is InChI=1S/C18H17Cl2N3O3/c19-12-5-4-9(6-13(12)20)7-16(24)22-14-2-1-3-15-10(14)8-11(17(21)25)18(26)23-15/h4-6,8,14H,1-3,7H2,(H2,21,25)(H,22,24)(H,23,26). The summed E-state index contributed by atoms with van der Waals surface area (Å²) in [5.41, 5.74) is 6.85. The van der Waals surface area contributed by atoms with Crippen LogP contribution in [0.3, 0.4) is 0 Å². The number of halogens is 2. The Morgan fingerprint density at radius 1 is 1.23 bits per heavy atom. The molecule has 136 valence electrons. The predicted molar refractivity (Wildman–Crippen MR) is 99.6 cm³/mol. The first-order valence-electron chi connectivity index (χ1n) is 8.14. The number of nitrogens with one attached hydrogen (secondary N) is 2. The number of rotatable bonds is 4. The molecule has 2 amide bonds. The summed E-state index contributed by atoms with van der Waals surface area (Å²) < 4.78 is 0. The Labute approximate surface area is 159 Å². The molecule has 1 atom stereocenters. The number of aromatic nitrogens is 1. The molecule has 1 aliphatic rings. The third-order valence-electron chi connectivity index (χ3n) is 4.40. The number of primary amides is 1. The van der Waals surface area contributed by atoms with Crippen LogP contribution in [0.1, 0.15) is 46.1 Å². The van der Waals surface area contributed by atoms with Crippen LogP contribution < -0.4 is 16.6 Å². The third kappa shape index (κ3) is 3.92. The SMILES string of the molecule is NC(=O)c1cc2c([nH]c1=O)CCCC2NC(=O)Cc1ccc(Cl)c(Cl)c1. The normalized spacial score (nSPS) is 16.0. The smallest absolute Gasteiger partial charge is 0.261 e. The van der Waals surface area contributed by atoms with Crippen LogP contribution >= 0.6 is 23.2 Å². The summed E-state index contributed by atoms with van der Waals surface area (Å²) >= 11 is 11.9. The minimum absolute atomic E-state index is 0.102. The van der Waals surface area contributed by atoms with Gasteiger partial charge in [0.2, 0.25) is 5.91 Å². The van der Waals surface area contributed by atoms with Crippen LogP contribution in [0.4, 0.5) is 0 Å². The monoisotopic (exact) mass is 393 g/mol. The summed E-state index contributed by atoms with van der Waals surface area (Å²) in [4.78, 5) is 38.4. The predicted octanol–water partition coefficient (Wildman–Crippen LogP) is 2.52. The van der Waals surface area contributed by atoms with Crippen molar-refractivity contribution < 1.29 is 9.59 Å². The summed E-state index contributed by atoms with van der Waals surface area (Å²) in [5, 5.41) is 3.78. The maximum atomic E-state index is 12.4. The van der Waals surface area contributed by atoms with Crippen LogP contribution in [-0.4, -0.2) is 16.8 Å². The highest BCUT2D eigenvalue weighted by Gasteiger charge is 2.24. The van der Waals surface area contributed by atoms with Gasteiger partial charge in [-0.15, -0.1) is 0 Å². The van der Waals surface area contributed by atoms with Crippen LogP contribution in [0.25, 0.3) is 0 Å². The van der Waals surface area contributed by atoms with Gasteiger partial charge in [0.1, 0.15) is 5.56 Å². The van der Waals surface area contributed by atoms with Gasteiger partial charge in [0.15, 0.2) is 0 Å². The number of H-pyrrole nitrogens is 1. The van der Waals surface area contributed by atoms with Gasteiger partial charge >= 0.3 is 0 Å². The Morgan fingerprint density at radius 3 is 2.69 bits per heavy atom. The molecule has 0 bridgehead atoms. The van der Waals surface area contributed by atoms with E-state index in [1.807, 2.05) is 0 Å². The lowest BCUT2D eigenvalue weighted by Gasteiger charge is -2.26. The lowest BCUT2D eigenvalue weighted by atomic mass is 9.90. The minimum atomic E-state index is -0.791. The van der Waals surface area contributed by atoms with Gasteiger partial charge in [-0.3, -0.25) is 14.4 Å². The van der Waals surface area contributed by atoms with Gasteiger partial charge < -0.3 is 16.0 Å². The van der Waals surface area contributed by atoms with Crippen molar-refractivity contribution in [2.24, 2.45) is 5.73 Å². The highest BCUT2D eigenvalue weighted by Crippen LogP contribution is 2.28. The molecule has 6 nitrogen and oxygen atoms in total. The average Bonchev–Trinajstić information content (AvgIpc) is 2.57. The Bertz CT molecular complexity index is 940. The molecule has 0 aliphatic heterocycles. The number of fused-ring (bicyclic) bond motifs is 1. The first kappa shape index (κ1) is 18.5. The van der Waals surface area contributed by atoms with Crippen molar-refractivity contribution in [2.75, 3.05) is 0 Å². The second-order valence-electron chi connectivity index (χ2n) is 6.25. The highest BCUT2D eigenvalue weighted by atomic mass is 35.5. The van der Waals surface area contributed by atoms with E-state index in [9.17, 15) is 14.4 Å². The largest absolute Gasteiger partial charge is 0.365 e. The van der Waals surface area contributed by atoms with E-state index in [1.54, 1.807) is 18.2 Å². The van der Waals surface area contributed by atoms with Gasteiger partial charge in [-0.25, -0.2) is 0 Å². The lowest BCUT2D eigenvalue weighted by Crippen LogP contribution is -2.34. The second-order valence-corrected chi connectivity index (χ2v) is 7.06. The lowest BCUT2D eigenvalue weighted by molar-refractivity contribution is -0.121. The first-order chi connectivity index (χ1) is 12.3. The molecule has 2 aromatic rings. The summed E-state index contributed by atoms with van der Waals surface area (Å²) in [6, 6.07) is 6.24. The summed E-state index contributed by atoms with van der Waals surface area (Å²) in [5.74, 6) is -0.978. The van der Waals surface area contributed by atoms with Crippen LogP contribution in [0.5, 0.6) is 0 Å². The Morgan fingerprint density at radius 2 is 2.00 bits per heavy atom. The maximum absolute atomic E-state index is 12.4. The number of carbonyl (C=O) groups is 2. The molecule has 1 aromatic carbocycles. The molecule has 0 saturated heterocycles. The number of nitrogens with two attached hydrogens (primary N) is 1. The molecule has 0 radical (unpaired) electrons. The van der Waals surface area contributed by atoms with Crippen molar-refractivity contribution in [3.8, 4) is 0 Å². The van der Waals surface area contributed by atoms with E-state index >= 15 is 0 Å². The minimum Gasteiger partial charge on any atom is -0.365 e. The topological polar surface area (TPSA) is 105 Å². The number of amides is 2. The van der Waals surface area contributed by atoms with Crippen molar-refractivity contribution in [1.82, 2.24) is 10.3 Å². The fourth-order valence-corrected chi connectivity index (χ4v) is 3.47. The molecular formula is C18H17Cl2N3O3. The van der Waals surface area contributed by atoms with E-state index in [0.717, 1.165) is 23.2 Å². The van der Waals surface area contributed by atoms with Gasteiger partial charge in [0, 0.05) is 5.69 Å². The average molecular weight is 394 g/mol. The van der Waals surface area contributed by atoms with Crippen molar-refractivity contribution >= 4 is 35.0 Å². The molecule has 0 fully saturated rings. The van der Waals surface area contributed by atoms with Crippen LogP contribution in [-0.2, 0) is 17.6 Å².